The standard InChI is InChI=1S/C9H17NO2/c1-12-9(11)6-8(10)7-4-2-3-5-7/h7-8H,2-6,10H2,1H3/t8-/m1/s1. The van der Waals surface area contributed by atoms with E-state index in [0.717, 1.165) is 0 Å². The van der Waals surface area contributed by atoms with Crippen LogP contribution in [0.1, 0.15) is 32.1 Å². The molecule has 1 atom stereocenters. The Morgan fingerprint density at radius 2 is 2.17 bits per heavy atom. The van der Waals surface area contributed by atoms with E-state index in [0.29, 0.717) is 12.3 Å². The number of hydrogen-bond donors (Lipinski definition) is 1. The Balaban J connectivity index is 2.26. The van der Waals surface area contributed by atoms with Gasteiger partial charge in [-0.15, -0.1) is 0 Å². The molecule has 0 aromatic carbocycles. The zero-order valence-electron chi connectivity index (χ0n) is 7.58. The zero-order chi connectivity index (χ0) is 8.97. The molecular formula is C9H17NO2. The molecule has 0 spiro atoms. The lowest BCUT2D eigenvalue weighted by atomic mass is 9.96. The quantitative estimate of drug-likeness (QED) is 0.646. The molecule has 1 aliphatic carbocycles. The van der Waals surface area contributed by atoms with Gasteiger partial charge in [-0.05, 0) is 18.8 Å². The second kappa shape index (κ2) is 4.45. The van der Waals surface area contributed by atoms with Crippen LogP contribution in [-0.2, 0) is 9.53 Å². The van der Waals surface area contributed by atoms with Crippen molar-refractivity contribution in [2.45, 2.75) is 38.1 Å². The number of methoxy groups -OCH3 is 1. The second-order valence-corrected chi connectivity index (χ2v) is 3.49. The molecule has 1 rings (SSSR count). The first kappa shape index (κ1) is 9.52. The average Bonchev–Trinajstić information content (AvgIpc) is 2.56. The third kappa shape index (κ3) is 2.48. The molecule has 0 radical (unpaired) electrons. The van der Waals surface area contributed by atoms with E-state index in [1.54, 1.807) is 0 Å². The summed E-state index contributed by atoms with van der Waals surface area (Å²) in [6, 6.07) is 0.0138. The van der Waals surface area contributed by atoms with Crippen molar-refractivity contribution in [3.8, 4) is 0 Å². The fourth-order valence-electron chi connectivity index (χ4n) is 1.83. The summed E-state index contributed by atoms with van der Waals surface area (Å²) in [7, 11) is 1.41. The Labute approximate surface area is 73.3 Å². The molecule has 0 heterocycles. The Hall–Kier alpha value is -0.570. The van der Waals surface area contributed by atoms with Crippen LogP contribution in [0.2, 0.25) is 0 Å². The predicted octanol–water partition coefficient (Wildman–Crippen LogP) is 1.07. The van der Waals surface area contributed by atoms with E-state index in [-0.39, 0.29) is 12.0 Å². The molecule has 0 aromatic heterocycles. The lowest BCUT2D eigenvalue weighted by Gasteiger charge is -2.16. The van der Waals surface area contributed by atoms with Crippen LogP contribution in [0.25, 0.3) is 0 Å². The van der Waals surface area contributed by atoms with Crippen LogP contribution in [0.3, 0.4) is 0 Å². The Kier molecular flexibility index (Phi) is 3.53. The van der Waals surface area contributed by atoms with Crippen LogP contribution in [0.4, 0.5) is 0 Å². The van der Waals surface area contributed by atoms with E-state index in [1.165, 1.54) is 32.8 Å². The maximum atomic E-state index is 10.9. The van der Waals surface area contributed by atoms with Gasteiger partial charge in [-0.25, -0.2) is 0 Å². The number of hydrogen-bond acceptors (Lipinski definition) is 3. The highest BCUT2D eigenvalue weighted by molar-refractivity contribution is 5.69. The molecule has 70 valence electrons. The van der Waals surface area contributed by atoms with Crippen molar-refractivity contribution in [3.05, 3.63) is 0 Å². The molecule has 0 unspecified atom stereocenters. The molecule has 1 saturated carbocycles. The summed E-state index contributed by atoms with van der Waals surface area (Å²) in [5.74, 6) is 0.360. The van der Waals surface area contributed by atoms with Gasteiger partial charge in [-0.2, -0.15) is 0 Å². The molecule has 1 aliphatic rings. The summed E-state index contributed by atoms with van der Waals surface area (Å²) in [5.41, 5.74) is 5.85. The minimum Gasteiger partial charge on any atom is -0.469 e. The highest BCUT2D eigenvalue weighted by Crippen LogP contribution is 2.27. The topological polar surface area (TPSA) is 52.3 Å². The Morgan fingerprint density at radius 3 is 2.67 bits per heavy atom. The molecule has 0 aromatic rings. The van der Waals surface area contributed by atoms with Gasteiger partial charge < -0.3 is 10.5 Å². The van der Waals surface area contributed by atoms with Gasteiger partial charge in [0.2, 0.25) is 0 Å². The number of nitrogens with two attached hydrogens (primary N) is 1. The first-order chi connectivity index (χ1) is 5.74. The smallest absolute Gasteiger partial charge is 0.307 e. The van der Waals surface area contributed by atoms with Crippen molar-refractivity contribution in [2.24, 2.45) is 11.7 Å². The molecule has 3 heteroatoms. The highest BCUT2D eigenvalue weighted by atomic mass is 16.5. The van der Waals surface area contributed by atoms with Crippen molar-refractivity contribution in [3.63, 3.8) is 0 Å². The van der Waals surface area contributed by atoms with Crippen LogP contribution in [0.5, 0.6) is 0 Å². The van der Waals surface area contributed by atoms with Crippen LogP contribution < -0.4 is 5.73 Å². The van der Waals surface area contributed by atoms with Crippen molar-refractivity contribution >= 4 is 5.97 Å². The molecule has 0 bridgehead atoms. The van der Waals surface area contributed by atoms with Gasteiger partial charge in [0.05, 0.1) is 13.5 Å². The van der Waals surface area contributed by atoms with Gasteiger partial charge >= 0.3 is 5.97 Å². The third-order valence-corrected chi connectivity index (χ3v) is 2.64. The summed E-state index contributed by atoms with van der Waals surface area (Å²) in [5, 5.41) is 0. The SMILES string of the molecule is COC(=O)C[C@@H](N)C1CCCC1. The highest BCUT2D eigenvalue weighted by Gasteiger charge is 2.23. The summed E-state index contributed by atoms with van der Waals surface area (Å²) in [6.45, 7) is 0. The van der Waals surface area contributed by atoms with Crippen molar-refractivity contribution in [1.29, 1.82) is 0 Å². The van der Waals surface area contributed by atoms with Crippen LogP contribution in [-0.4, -0.2) is 19.1 Å². The van der Waals surface area contributed by atoms with Crippen molar-refractivity contribution < 1.29 is 9.53 Å². The van der Waals surface area contributed by atoms with Crippen molar-refractivity contribution in [2.75, 3.05) is 7.11 Å². The van der Waals surface area contributed by atoms with E-state index in [9.17, 15) is 4.79 Å². The number of ether oxygens (including phenoxy) is 1. The molecule has 0 aliphatic heterocycles. The minimum absolute atomic E-state index is 0.0138. The van der Waals surface area contributed by atoms with E-state index < -0.39 is 0 Å². The molecule has 0 amide bonds. The zero-order valence-corrected chi connectivity index (χ0v) is 7.58. The van der Waals surface area contributed by atoms with Gasteiger partial charge in [0.25, 0.3) is 0 Å². The van der Waals surface area contributed by atoms with E-state index in [1.807, 2.05) is 0 Å². The Morgan fingerprint density at radius 1 is 1.58 bits per heavy atom. The fourth-order valence-corrected chi connectivity index (χ4v) is 1.83. The normalized spacial score (nSPS) is 20.8. The fraction of sp³-hybridized carbons (Fsp3) is 0.889. The van der Waals surface area contributed by atoms with E-state index in [4.69, 9.17) is 5.73 Å². The molecule has 3 nitrogen and oxygen atoms in total. The van der Waals surface area contributed by atoms with E-state index >= 15 is 0 Å². The van der Waals surface area contributed by atoms with Crippen LogP contribution in [0.15, 0.2) is 0 Å². The van der Waals surface area contributed by atoms with Gasteiger partial charge in [0, 0.05) is 6.04 Å². The third-order valence-electron chi connectivity index (χ3n) is 2.64. The van der Waals surface area contributed by atoms with Gasteiger partial charge in [-0.1, -0.05) is 12.8 Å². The molecule has 0 saturated heterocycles. The first-order valence-corrected chi connectivity index (χ1v) is 4.56. The van der Waals surface area contributed by atoms with E-state index in [2.05, 4.69) is 4.74 Å². The summed E-state index contributed by atoms with van der Waals surface area (Å²) in [6.07, 6.45) is 5.26. The lowest BCUT2D eigenvalue weighted by molar-refractivity contribution is -0.141. The number of rotatable bonds is 3. The average molecular weight is 171 g/mol. The maximum Gasteiger partial charge on any atom is 0.307 e. The minimum atomic E-state index is -0.186. The largest absolute Gasteiger partial charge is 0.469 e. The summed E-state index contributed by atoms with van der Waals surface area (Å²) >= 11 is 0. The maximum absolute atomic E-state index is 10.9. The second-order valence-electron chi connectivity index (χ2n) is 3.49. The summed E-state index contributed by atoms with van der Waals surface area (Å²) in [4.78, 5) is 10.9. The van der Waals surface area contributed by atoms with Crippen LogP contribution >= 0.6 is 0 Å². The molecule has 2 N–H and O–H groups in total. The number of carbonyl (C=O) groups is 1. The number of carbonyl (C=O) groups excluding carboxylic acids is 1. The summed E-state index contributed by atoms with van der Waals surface area (Å²) < 4.78 is 4.56. The monoisotopic (exact) mass is 171 g/mol. The molecule has 1 fully saturated rings. The van der Waals surface area contributed by atoms with Gasteiger partial charge in [0.1, 0.15) is 0 Å². The first-order valence-electron chi connectivity index (χ1n) is 4.56. The van der Waals surface area contributed by atoms with Crippen LogP contribution in [0, 0.1) is 5.92 Å². The Bertz CT molecular complexity index is 153. The molecular weight excluding hydrogens is 154 g/mol. The molecule has 12 heavy (non-hydrogen) atoms. The van der Waals surface area contributed by atoms with Gasteiger partial charge in [-0.3, -0.25) is 4.79 Å². The lowest BCUT2D eigenvalue weighted by Crippen LogP contribution is -2.31. The number of esters is 1. The van der Waals surface area contributed by atoms with Gasteiger partial charge in [0.15, 0.2) is 0 Å². The van der Waals surface area contributed by atoms with Crippen molar-refractivity contribution in [1.82, 2.24) is 0 Å². The predicted molar refractivity (Wildman–Crippen MR) is 46.6 cm³/mol.